The van der Waals surface area contributed by atoms with E-state index in [2.05, 4.69) is 53.7 Å². The zero-order valence-corrected chi connectivity index (χ0v) is 19.3. The van der Waals surface area contributed by atoms with Crippen molar-refractivity contribution in [3.05, 3.63) is 94.1 Å². The SMILES string of the molecule is CCC(C)(C)C1=C/C(=C2/C=C(C(C)(C)C)C(=O)c3ccccc32)c2ccccc2C1=O. The summed E-state index contributed by atoms with van der Waals surface area (Å²) in [7, 11) is 0. The van der Waals surface area contributed by atoms with Gasteiger partial charge < -0.3 is 0 Å². The van der Waals surface area contributed by atoms with E-state index in [4.69, 9.17) is 0 Å². The van der Waals surface area contributed by atoms with Crippen LogP contribution in [0.2, 0.25) is 0 Å². The summed E-state index contributed by atoms with van der Waals surface area (Å²) in [4.78, 5) is 26.7. The third-order valence-electron chi connectivity index (χ3n) is 6.70. The maximum absolute atomic E-state index is 13.4. The number of Topliss-reactive ketones (excluding diaryl/α,β-unsaturated/α-hetero) is 2. The van der Waals surface area contributed by atoms with Crippen molar-refractivity contribution in [3.63, 3.8) is 0 Å². The summed E-state index contributed by atoms with van der Waals surface area (Å²) < 4.78 is 0. The van der Waals surface area contributed by atoms with Gasteiger partial charge in [0.25, 0.3) is 0 Å². The molecule has 0 spiro atoms. The van der Waals surface area contributed by atoms with Crippen molar-refractivity contribution < 1.29 is 9.59 Å². The molecule has 4 rings (SSSR count). The average Bonchev–Trinajstić information content (AvgIpc) is 2.74. The molecule has 0 radical (unpaired) electrons. The van der Waals surface area contributed by atoms with Gasteiger partial charge in [-0.15, -0.1) is 0 Å². The summed E-state index contributed by atoms with van der Waals surface area (Å²) in [6, 6.07) is 15.7. The summed E-state index contributed by atoms with van der Waals surface area (Å²) in [5, 5.41) is 0. The lowest BCUT2D eigenvalue weighted by Crippen LogP contribution is -2.25. The molecule has 0 fully saturated rings. The summed E-state index contributed by atoms with van der Waals surface area (Å²) in [5.41, 5.74) is 6.49. The predicted octanol–water partition coefficient (Wildman–Crippen LogP) is 7.33. The number of fused-ring (bicyclic) bond motifs is 2. The molecule has 0 bridgehead atoms. The van der Waals surface area contributed by atoms with Crippen LogP contribution in [0.15, 0.2) is 71.8 Å². The summed E-state index contributed by atoms with van der Waals surface area (Å²) >= 11 is 0. The van der Waals surface area contributed by atoms with E-state index < -0.39 is 0 Å². The first kappa shape index (κ1) is 21.2. The molecular weight excluding hydrogens is 380 g/mol. The van der Waals surface area contributed by atoms with Crippen LogP contribution in [-0.2, 0) is 0 Å². The smallest absolute Gasteiger partial charge is 0.190 e. The molecular formula is C29H30O2. The normalized spacial score (nSPS) is 18.9. The Morgan fingerprint density at radius 1 is 0.613 bits per heavy atom. The summed E-state index contributed by atoms with van der Waals surface area (Å²) in [6.45, 7) is 12.6. The van der Waals surface area contributed by atoms with Crippen molar-refractivity contribution in [2.45, 2.75) is 48.0 Å². The zero-order chi connectivity index (χ0) is 22.6. The minimum Gasteiger partial charge on any atom is -0.289 e. The highest BCUT2D eigenvalue weighted by Gasteiger charge is 2.36. The number of hydrogen-bond donors (Lipinski definition) is 0. The molecule has 2 nitrogen and oxygen atoms in total. The van der Waals surface area contributed by atoms with Crippen LogP contribution in [0.1, 0.15) is 79.8 Å². The standard InChI is InChI=1S/C29H30O2/c1-7-29(5,6)25-17-23(19-13-9-11-15-21(19)27(25)31)22-16-24(28(2,3)4)26(30)20-14-10-8-12-18(20)22/h8-17H,7H2,1-6H3/b23-22+. The second-order valence-corrected chi connectivity index (χ2v) is 10.2. The zero-order valence-electron chi connectivity index (χ0n) is 19.3. The van der Waals surface area contributed by atoms with Crippen molar-refractivity contribution in [1.82, 2.24) is 0 Å². The molecule has 0 heterocycles. The average molecular weight is 411 g/mol. The van der Waals surface area contributed by atoms with E-state index >= 15 is 0 Å². The molecule has 0 N–H and O–H groups in total. The first-order valence-electron chi connectivity index (χ1n) is 11.0. The summed E-state index contributed by atoms with van der Waals surface area (Å²) in [5.74, 6) is 0.192. The molecule has 158 valence electrons. The van der Waals surface area contributed by atoms with E-state index in [0.717, 1.165) is 51.0 Å². The molecule has 0 saturated heterocycles. The fourth-order valence-electron chi connectivity index (χ4n) is 4.39. The van der Waals surface area contributed by atoms with Gasteiger partial charge >= 0.3 is 0 Å². The molecule has 0 aromatic heterocycles. The maximum atomic E-state index is 13.4. The first-order valence-corrected chi connectivity index (χ1v) is 11.0. The number of carbonyl (C=O) groups excluding carboxylic acids is 2. The largest absolute Gasteiger partial charge is 0.289 e. The minimum absolute atomic E-state index is 0.0886. The Morgan fingerprint density at radius 3 is 1.42 bits per heavy atom. The highest BCUT2D eigenvalue weighted by Crippen LogP contribution is 2.45. The Kier molecular flexibility index (Phi) is 5.00. The van der Waals surface area contributed by atoms with Gasteiger partial charge in [-0.2, -0.15) is 0 Å². The van der Waals surface area contributed by atoms with E-state index in [1.54, 1.807) is 0 Å². The lowest BCUT2D eigenvalue weighted by atomic mass is 9.70. The Balaban J connectivity index is 2.13. The van der Waals surface area contributed by atoms with Crippen LogP contribution in [0.5, 0.6) is 0 Å². The molecule has 31 heavy (non-hydrogen) atoms. The van der Waals surface area contributed by atoms with Crippen molar-refractivity contribution >= 4 is 22.7 Å². The monoisotopic (exact) mass is 410 g/mol. The molecule has 2 aliphatic carbocycles. The van der Waals surface area contributed by atoms with E-state index in [1.165, 1.54) is 0 Å². The van der Waals surface area contributed by atoms with E-state index in [9.17, 15) is 9.59 Å². The molecule has 0 atom stereocenters. The van der Waals surface area contributed by atoms with Crippen molar-refractivity contribution in [1.29, 1.82) is 0 Å². The van der Waals surface area contributed by atoms with Gasteiger partial charge in [0.1, 0.15) is 0 Å². The number of benzene rings is 2. The van der Waals surface area contributed by atoms with Crippen molar-refractivity contribution in [2.24, 2.45) is 10.8 Å². The second kappa shape index (κ2) is 7.30. The van der Waals surface area contributed by atoms with Crippen LogP contribution in [0.4, 0.5) is 0 Å². The lowest BCUT2D eigenvalue weighted by molar-refractivity contribution is 0.0997. The molecule has 2 aromatic rings. The van der Waals surface area contributed by atoms with E-state index in [1.807, 2.05) is 48.5 Å². The lowest BCUT2D eigenvalue weighted by Gasteiger charge is -2.32. The van der Waals surface area contributed by atoms with Crippen LogP contribution in [0.25, 0.3) is 11.1 Å². The molecule has 2 heteroatoms. The van der Waals surface area contributed by atoms with Crippen LogP contribution in [0.3, 0.4) is 0 Å². The fraction of sp³-hybridized carbons (Fsp3) is 0.310. The maximum Gasteiger partial charge on any atom is 0.190 e. The highest BCUT2D eigenvalue weighted by atomic mass is 16.1. The number of ketones is 2. The Bertz CT molecular complexity index is 1190. The van der Waals surface area contributed by atoms with Gasteiger partial charge in [0.05, 0.1) is 0 Å². The van der Waals surface area contributed by atoms with Gasteiger partial charge in [-0.05, 0) is 51.7 Å². The quantitative estimate of drug-likeness (QED) is 0.519. The third kappa shape index (κ3) is 3.44. The minimum atomic E-state index is -0.282. The van der Waals surface area contributed by atoms with E-state index in [0.29, 0.717) is 0 Å². The topological polar surface area (TPSA) is 34.1 Å². The van der Waals surface area contributed by atoms with Gasteiger partial charge in [0.15, 0.2) is 11.6 Å². The van der Waals surface area contributed by atoms with Gasteiger partial charge in [-0.1, -0.05) is 90.1 Å². The van der Waals surface area contributed by atoms with Crippen molar-refractivity contribution in [3.8, 4) is 0 Å². The van der Waals surface area contributed by atoms with Gasteiger partial charge in [-0.25, -0.2) is 0 Å². The van der Waals surface area contributed by atoms with Crippen LogP contribution in [-0.4, -0.2) is 11.6 Å². The fourth-order valence-corrected chi connectivity index (χ4v) is 4.39. The van der Waals surface area contributed by atoms with Crippen LogP contribution >= 0.6 is 0 Å². The predicted molar refractivity (Wildman–Crippen MR) is 128 cm³/mol. The second-order valence-electron chi connectivity index (χ2n) is 10.2. The number of rotatable bonds is 2. The van der Waals surface area contributed by atoms with Crippen LogP contribution < -0.4 is 0 Å². The Hall–Kier alpha value is -3.00. The number of allylic oxidation sites excluding steroid dienone is 6. The number of hydrogen-bond acceptors (Lipinski definition) is 2. The molecule has 0 unspecified atom stereocenters. The first-order chi connectivity index (χ1) is 14.6. The molecule has 2 aromatic carbocycles. The molecule has 0 aliphatic heterocycles. The summed E-state index contributed by atoms with van der Waals surface area (Å²) in [6.07, 6.45) is 5.00. The van der Waals surface area contributed by atoms with E-state index in [-0.39, 0.29) is 22.4 Å². The van der Waals surface area contributed by atoms with Crippen LogP contribution in [0, 0.1) is 10.8 Å². The molecule has 2 aliphatic rings. The van der Waals surface area contributed by atoms with Crippen molar-refractivity contribution in [2.75, 3.05) is 0 Å². The molecule has 0 amide bonds. The Morgan fingerprint density at radius 2 is 1.00 bits per heavy atom. The molecule has 0 saturated carbocycles. The van der Waals surface area contributed by atoms with Gasteiger partial charge in [0, 0.05) is 22.3 Å². The Labute approximate surface area is 185 Å². The number of carbonyl (C=O) groups is 2. The highest BCUT2D eigenvalue weighted by molar-refractivity contribution is 6.23. The van der Waals surface area contributed by atoms with Gasteiger partial charge in [-0.3, -0.25) is 9.59 Å². The van der Waals surface area contributed by atoms with Gasteiger partial charge in [0.2, 0.25) is 0 Å². The third-order valence-corrected chi connectivity index (χ3v) is 6.70.